The fourth-order valence-corrected chi connectivity index (χ4v) is 3.61. The van der Waals surface area contributed by atoms with Crippen molar-refractivity contribution in [1.82, 2.24) is 9.88 Å². The highest BCUT2D eigenvalue weighted by Gasteiger charge is 2.36. The van der Waals surface area contributed by atoms with E-state index < -0.39 is 6.10 Å². The second kappa shape index (κ2) is 6.42. The van der Waals surface area contributed by atoms with E-state index in [-0.39, 0.29) is 12.0 Å². The van der Waals surface area contributed by atoms with Gasteiger partial charge >= 0.3 is 0 Å². The van der Waals surface area contributed by atoms with Crippen LogP contribution in [-0.2, 0) is 11.2 Å². The Morgan fingerprint density at radius 1 is 1.43 bits per heavy atom. The average Bonchev–Trinajstić information content (AvgIpc) is 2.53. The monoisotopic (exact) mass is 290 g/mol. The quantitative estimate of drug-likeness (QED) is 0.924. The summed E-state index contributed by atoms with van der Waals surface area (Å²) in [6, 6.07) is 4.63. The molecule has 116 valence electrons. The van der Waals surface area contributed by atoms with Crippen molar-refractivity contribution in [2.75, 3.05) is 19.7 Å². The third-order valence-electron chi connectivity index (χ3n) is 4.89. The molecule has 2 aliphatic rings. The molecule has 1 saturated heterocycles. The van der Waals surface area contributed by atoms with Crippen LogP contribution in [0, 0.1) is 0 Å². The van der Waals surface area contributed by atoms with Gasteiger partial charge in [-0.05, 0) is 44.7 Å². The van der Waals surface area contributed by atoms with Crippen molar-refractivity contribution in [1.29, 1.82) is 0 Å². The maximum atomic E-state index is 10.9. The second-order valence-electron chi connectivity index (χ2n) is 6.54. The molecule has 0 radical (unpaired) electrons. The summed E-state index contributed by atoms with van der Waals surface area (Å²) in [5.41, 5.74) is 2.38. The standard InChI is InChI=1S/C17H26N2O2/c1-12(2)19-9-10-21-15(11-19)17(20)14-7-3-5-13-6-4-8-18-16(13)14/h4,6,8,12,14-15,17,20H,3,5,7,9-11H2,1-2H3. The zero-order valence-corrected chi connectivity index (χ0v) is 13.0. The molecule has 3 atom stereocenters. The van der Waals surface area contributed by atoms with Gasteiger partial charge in [-0.25, -0.2) is 0 Å². The summed E-state index contributed by atoms with van der Waals surface area (Å²) in [6.07, 6.45) is 4.50. The first kappa shape index (κ1) is 14.9. The Hall–Kier alpha value is -0.970. The molecule has 1 N–H and O–H groups in total. The molecule has 1 fully saturated rings. The molecule has 0 saturated carbocycles. The van der Waals surface area contributed by atoms with Crippen LogP contribution in [0.4, 0.5) is 0 Å². The Kier molecular flexibility index (Phi) is 4.57. The van der Waals surface area contributed by atoms with Crippen LogP contribution in [0.15, 0.2) is 18.3 Å². The molecular weight excluding hydrogens is 264 g/mol. The summed E-state index contributed by atoms with van der Waals surface area (Å²) in [4.78, 5) is 6.93. The summed E-state index contributed by atoms with van der Waals surface area (Å²) in [6.45, 7) is 6.89. The number of fused-ring (bicyclic) bond motifs is 1. The number of hydrogen-bond acceptors (Lipinski definition) is 4. The number of ether oxygens (including phenoxy) is 1. The zero-order valence-electron chi connectivity index (χ0n) is 13.0. The molecule has 2 heterocycles. The molecule has 0 aromatic carbocycles. The van der Waals surface area contributed by atoms with Crippen LogP contribution in [0.1, 0.15) is 43.9 Å². The first-order valence-electron chi connectivity index (χ1n) is 8.14. The third-order valence-corrected chi connectivity index (χ3v) is 4.89. The van der Waals surface area contributed by atoms with Gasteiger partial charge in [0.05, 0.1) is 18.8 Å². The molecule has 0 bridgehead atoms. The Morgan fingerprint density at radius 2 is 2.29 bits per heavy atom. The van der Waals surface area contributed by atoms with Gasteiger partial charge in [0, 0.05) is 36.9 Å². The van der Waals surface area contributed by atoms with Crippen LogP contribution in [0.5, 0.6) is 0 Å². The Morgan fingerprint density at radius 3 is 3.10 bits per heavy atom. The number of aliphatic hydroxyl groups excluding tert-OH is 1. The normalized spacial score (nSPS) is 28.4. The van der Waals surface area contributed by atoms with Gasteiger partial charge in [-0.3, -0.25) is 9.88 Å². The lowest BCUT2D eigenvalue weighted by atomic mass is 9.81. The van der Waals surface area contributed by atoms with Gasteiger partial charge in [0.2, 0.25) is 0 Å². The molecule has 1 aliphatic carbocycles. The van der Waals surface area contributed by atoms with Crippen LogP contribution in [0.2, 0.25) is 0 Å². The number of aromatic nitrogens is 1. The summed E-state index contributed by atoms with van der Waals surface area (Å²) < 4.78 is 5.87. The highest BCUT2D eigenvalue weighted by atomic mass is 16.5. The van der Waals surface area contributed by atoms with E-state index in [0.29, 0.717) is 12.6 Å². The van der Waals surface area contributed by atoms with E-state index in [1.54, 1.807) is 0 Å². The fraction of sp³-hybridized carbons (Fsp3) is 0.706. The van der Waals surface area contributed by atoms with Crippen LogP contribution in [0.25, 0.3) is 0 Å². The molecule has 4 heteroatoms. The minimum atomic E-state index is -0.458. The molecule has 21 heavy (non-hydrogen) atoms. The largest absolute Gasteiger partial charge is 0.390 e. The average molecular weight is 290 g/mol. The Bertz CT molecular complexity index is 478. The molecule has 3 rings (SSSR count). The van der Waals surface area contributed by atoms with E-state index in [1.807, 2.05) is 12.3 Å². The SMILES string of the molecule is CC(C)N1CCOC(C(O)C2CCCc3cccnc32)C1. The lowest BCUT2D eigenvalue weighted by Gasteiger charge is -2.40. The van der Waals surface area contributed by atoms with Gasteiger partial charge < -0.3 is 9.84 Å². The number of aliphatic hydroxyl groups is 1. The van der Waals surface area contributed by atoms with Crippen LogP contribution < -0.4 is 0 Å². The predicted molar refractivity (Wildman–Crippen MR) is 82.4 cm³/mol. The van der Waals surface area contributed by atoms with Crippen molar-refractivity contribution in [2.24, 2.45) is 0 Å². The number of nitrogens with zero attached hydrogens (tertiary/aromatic N) is 2. The van der Waals surface area contributed by atoms with Crippen molar-refractivity contribution < 1.29 is 9.84 Å². The third kappa shape index (κ3) is 3.12. The number of hydrogen-bond donors (Lipinski definition) is 1. The zero-order chi connectivity index (χ0) is 14.8. The molecule has 0 spiro atoms. The number of morpholine rings is 1. The summed E-state index contributed by atoms with van der Waals surface area (Å²) in [5.74, 6) is 0.118. The predicted octanol–water partition coefficient (Wildman–Crippen LogP) is 1.97. The molecule has 4 nitrogen and oxygen atoms in total. The van der Waals surface area contributed by atoms with Gasteiger partial charge in [-0.2, -0.15) is 0 Å². The molecular formula is C17H26N2O2. The van der Waals surface area contributed by atoms with Crippen LogP contribution in [0.3, 0.4) is 0 Å². The second-order valence-corrected chi connectivity index (χ2v) is 6.54. The van der Waals surface area contributed by atoms with Gasteiger partial charge in [-0.1, -0.05) is 6.07 Å². The summed E-state index contributed by atoms with van der Waals surface area (Å²) in [5, 5.41) is 10.9. The topological polar surface area (TPSA) is 45.6 Å². The van der Waals surface area contributed by atoms with E-state index in [2.05, 4.69) is 29.8 Å². The van der Waals surface area contributed by atoms with E-state index >= 15 is 0 Å². The molecule has 1 aliphatic heterocycles. The number of aryl methyl sites for hydroxylation is 1. The Balaban J connectivity index is 1.75. The van der Waals surface area contributed by atoms with Gasteiger partial charge in [-0.15, -0.1) is 0 Å². The molecule has 3 unspecified atom stereocenters. The van der Waals surface area contributed by atoms with Crippen molar-refractivity contribution in [3.05, 3.63) is 29.6 Å². The smallest absolute Gasteiger partial charge is 0.0967 e. The van der Waals surface area contributed by atoms with E-state index in [0.717, 1.165) is 38.0 Å². The Labute approximate surface area is 127 Å². The first-order valence-corrected chi connectivity index (χ1v) is 8.14. The van der Waals surface area contributed by atoms with E-state index in [9.17, 15) is 5.11 Å². The lowest BCUT2D eigenvalue weighted by molar-refractivity contribution is -0.103. The van der Waals surface area contributed by atoms with E-state index in [4.69, 9.17) is 4.74 Å². The summed E-state index contributed by atoms with van der Waals surface area (Å²) >= 11 is 0. The first-order chi connectivity index (χ1) is 10.2. The van der Waals surface area contributed by atoms with Crippen molar-refractivity contribution in [2.45, 2.75) is 57.3 Å². The van der Waals surface area contributed by atoms with E-state index in [1.165, 1.54) is 5.56 Å². The van der Waals surface area contributed by atoms with Gasteiger partial charge in [0.25, 0.3) is 0 Å². The van der Waals surface area contributed by atoms with Gasteiger partial charge in [0.15, 0.2) is 0 Å². The minimum Gasteiger partial charge on any atom is -0.390 e. The highest BCUT2D eigenvalue weighted by molar-refractivity contribution is 5.27. The maximum Gasteiger partial charge on any atom is 0.0967 e. The number of pyridine rings is 1. The maximum absolute atomic E-state index is 10.9. The minimum absolute atomic E-state index is 0.0980. The van der Waals surface area contributed by atoms with Crippen LogP contribution >= 0.6 is 0 Å². The lowest BCUT2D eigenvalue weighted by Crippen LogP contribution is -2.51. The number of rotatable bonds is 3. The van der Waals surface area contributed by atoms with Crippen molar-refractivity contribution in [3.8, 4) is 0 Å². The summed E-state index contributed by atoms with van der Waals surface area (Å²) in [7, 11) is 0. The van der Waals surface area contributed by atoms with Crippen LogP contribution in [-0.4, -0.2) is 52.9 Å². The van der Waals surface area contributed by atoms with Crippen molar-refractivity contribution >= 4 is 0 Å². The van der Waals surface area contributed by atoms with Gasteiger partial charge in [0.1, 0.15) is 0 Å². The molecule has 1 aromatic rings. The fourth-order valence-electron chi connectivity index (χ4n) is 3.61. The highest BCUT2D eigenvalue weighted by Crippen LogP contribution is 2.34. The molecule has 0 amide bonds. The van der Waals surface area contributed by atoms with Crippen molar-refractivity contribution in [3.63, 3.8) is 0 Å². The molecule has 1 aromatic heterocycles.